The number of carbonyl (C=O) groups is 1. The molecule has 1 N–H and O–H groups in total. The molecule has 24 heavy (non-hydrogen) atoms. The number of phenolic OH excluding ortho intramolecular Hbond substituents is 1. The molecule has 0 radical (unpaired) electrons. The number of carbonyl (C=O) groups excluding carboxylic acids is 1. The van der Waals surface area contributed by atoms with Crippen LogP contribution in [0.4, 0.5) is 4.79 Å². The lowest BCUT2D eigenvalue weighted by Crippen LogP contribution is -2.17. The van der Waals surface area contributed by atoms with Gasteiger partial charge in [0.15, 0.2) is 0 Å². The van der Waals surface area contributed by atoms with Gasteiger partial charge in [-0.05, 0) is 23.6 Å². The zero-order valence-corrected chi connectivity index (χ0v) is 13.8. The zero-order valence-electron chi connectivity index (χ0n) is 13.8. The molecule has 0 saturated carbocycles. The number of ether oxygens (including phenoxy) is 1. The summed E-state index contributed by atoms with van der Waals surface area (Å²) in [5.74, 6) is 0.467. The number of rotatable bonds is 4. The molecule has 2 aromatic carbocycles. The molecule has 0 fully saturated rings. The maximum Gasteiger partial charge on any atom is 0.542 e. The van der Waals surface area contributed by atoms with E-state index in [9.17, 15) is 9.90 Å². The lowest BCUT2D eigenvalue weighted by Gasteiger charge is -2.26. The fourth-order valence-corrected chi connectivity index (χ4v) is 2.13. The Morgan fingerprint density at radius 1 is 1.04 bits per heavy atom. The quantitative estimate of drug-likeness (QED) is 0.368. The number of aromatic hydroxyl groups is 1. The number of hydrogen-bond acceptors (Lipinski definition) is 6. The fraction of sp³-hybridized carbons (Fsp3) is 0.278. The van der Waals surface area contributed by atoms with Crippen molar-refractivity contribution in [2.75, 3.05) is 0 Å². The van der Waals surface area contributed by atoms with Crippen molar-refractivity contribution < 1.29 is 19.5 Å². The molecule has 6 heteroatoms. The molecule has 2 aromatic rings. The van der Waals surface area contributed by atoms with Crippen molar-refractivity contribution in [3.05, 3.63) is 60.2 Å². The summed E-state index contributed by atoms with van der Waals surface area (Å²) < 4.78 is 4.95. The Bertz CT molecular complexity index is 708. The van der Waals surface area contributed by atoms with Gasteiger partial charge >= 0.3 is 6.16 Å². The predicted molar refractivity (Wildman–Crippen MR) is 88.7 cm³/mol. The molecule has 0 bridgehead atoms. The second-order valence-electron chi connectivity index (χ2n) is 6.28. The summed E-state index contributed by atoms with van der Waals surface area (Å²) >= 11 is 0. The van der Waals surface area contributed by atoms with Gasteiger partial charge in [0.25, 0.3) is 0 Å². The van der Waals surface area contributed by atoms with E-state index in [2.05, 4.69) is 15.2 Å². The lowest BCUT2D eigenvalue weighted by atomic mass is 9.82. The van der Waals surface area contributed by atoms with Crippen LogP contribution >= 0.6 is 0 Å². The van der Waals surface area contributed by atoms with Gasteiger partial charge in [-0.3, -0.25) is 4.84 Å². The summed E-state index contributed by atoms with van der Waals surface area (Å²) in [6.45, 7) is 5.85. The van der Waals surface area contributed by atoms with Gasteiger partial charge in [-0.25, -0.2) is 4.79 Å². The zero-order chi connectivity index (χ0) is 17.6. The minimum atomic E-state index is -0.977. The van der Waals surface area contributed by atoms with Gasteiger partial charge in [-0.2, -0.15) is 0 Å². The number of benzene rings is 2. The number of hydrogen-bond donors (Lipinski definition) is 1. The van der Waals surface area contributed by atoms with Crippen LogP contribution in [0.3, 0.4) is 0 Å². The van der Waals surface area contributed by atoms with Crippen molar-refractivity contribution in [3.8, 4) is 11.5 Å². The van der Waals surface area contributed by atoms with E-state index in [4.69, 9.17) is 4.74 Å². The molecule has 6 nitrogen and oxygen atoms in total. The highest BCUT2D eigenvalue weighted by molar-refractivity contribution is 5.63. The molecule has 0 amide bonds. The van der Waals surface area contributed by atoms with Gasteiger partial charge in [-0.15, -0.1) is 5.11 Å². The average molecular weight is 328 g/mol. The molecule has 0 aliphatic heterocycles. The van der Waals surface area contributed by atoms with Crippen molar-refractivity contribution >= 4 is 6.16 Å². The second kappa shape index (κ2) is 7.59. The van der Waals surface area contributed by atoms with E-state index in [-0.39, 0.29) is 11.2 Å². The summed E-state index contributed by atoms with van der Waals surface area (Å²) in [5, 5.41) is 17.6. The topological polar surface area (TPSA) is 80.5 Å². The molecule has 1 atom stereocenters. The van der Waals surface area contributed by atoms with Gasteiger partial charge in [0, 0.05) is 10.8 Å². The average Bonchev–Trinajstić information content (AvgIpc) is 2.52. The number of phenols is 1. The first kappa shape index (κ1) is 17.5. The third-order valence-electron chi connectivity index (χ3n) is 3.27. The van der Waals surface area contributed by atoms with Crippen LogP contribution in [0.1, 0.15) is 32.4 Å². The summed E-state index contributed by atoms with van der Waals surface area (Å²) in [5.41, 5.74) is 0.267. The van der Waals surface area contributed by atoms with Crippen LogP contribution in [0.25, 0.3) is 0 Å². The van der Waals surface area contributed by atoms with Gasteiger partial charge in [0.2, 0.25) is 0 Å². The van der Waals surface area contributed by atoms with Crippen molar-refractivity contribution in [2.24, 2.45) is 15.8 Å². The molecule has 0 aromatic heterocycles. The highest BCUT2D eigenvalue weighted by Gasteiger charge is 2.28. The van der Waals surface area contributed by atoms with Crippen LogP contribution in [0.15, 0.2) is 65.0 Å². The third kappa shape index (κ3) is 4.81. The minimum Gasteiger partial charge on any atom is -0.508 e. The van der Waals surface area contributed by atoms with Crippen LogP contribution in [0.2, 0.25) is 0 Å². The molecular formula is C18H20N2O4. The number of nitrogens with zero attached hydrogens (tertiary/aromatic N) is 2. The Hall–Kier alpha value is -2.89. The van der Waals surface area contributed by atoms with E-state index in [1.54, 1.807) is 54.6 Å². The highest BCUT2D eigenvalue weighted by atomic mass is 16.8. The first-order valence-corrected chi connectivity index (χ1v) is 7.50. The summed E-state index contributed by atoms with van der Waals surface area (Å²) in [7, 11) is 0. The maximum absolute atomic E-state index is 11.6. The van der Waals surface area contributed by atoms with E-state index in [0.29, 0.717) is 11.3 Å². The maximum atomic E-state index is 11.6. The second-order valence-corrected chi connectivity index (χ2v) is 6.28. The van der Waals surface area contributed by atoms with E-state index >= 15 is 0 Å². The normalized spacial score (nSPS) is 12.8. The van der Waals surface area contributed by atoms with Crippen LogP contribution in [0, 0.1) is 5.41 Å². The molecular weight excluding hydrogens is 308 g/mol. The van der Waals surface area contributed by atoms with Gasteiger partial charge in [0.1, 0.15) is 17.5 Å². The molecule has 0 aliphatic carbocycles. The Balaban J connectivity index is 2.06. The standard InChI is InChI=1S/C18H20N2O4/c1-18(2,3)16(14-11-7-8-12-15(14)21)19-20-24-17(22)23-13-9-5-4-6-10-13/h4-12,16,21H,1-3H3. The molecule has 2 rings (SSSR count). The van der Waals surface area contributed by atoms with Gasteiger partial charge in [0.05, 0.1) is 0 Å². The molecule has 1 unspecified atom stereocenters. The van der Waals surface area contributed by atoms with E-state index < -0.39 is 12.2 Å². The van der Waals surface area contributed by atoms with Crippen LogP contribution in [-0.2, 0) is 4.84 Å². The SMILES string of the molecule is CC(C)(C)C(N=NOC(=O)Oc1ccccc1)c1ccccc1O. The van der Waals surface area contributed by atoms with Gasteiger partial charge < -0.3 is 9.84 Å². The third-order valence-corrected chi connectivity index (χ3v) is 3.27. The Morgan fingerprint density at radius 3 is 2.29 bits per heavy atom. The molecule has 126 valence electrons. The van der Waals surface area contributed by atoms with Crippen molar-refractivity contribution in [2.45, 2.75) is 26.8 Å². The van der Waals surface area contributed by atoms with Crippen LogP contribution in [-0.4, -0.2) is 11.3 Å². The molecule has 0 saturated heterocycles. The largest absolute Gasteiger partial charge is 0.542 e. The summed E-state index contributed by atoms with van der Waals surface area (Å²) in [4.78, 5) is 16.2. The predicted octanol–water partition coefficient (Wildman–Crippen LogP) is 5.06. The van der Waals surface area contributed by atoms with E-state index in [1.807, 2.05) is 20.8 Å². The summed E-state index contributed by atoms with van der Waals surface area (Å²) in [6, 6.07) is 14.9. The van der Waals surface area contributed by atoms with Crippen LogP contribution < -0.4 is 4.74 Å². The van der Waals surface area contributed by atoms with Crippen molar-refractivity contribution in [3.63, 3.8) is 0 Å². The first-order chi connectivity index (χ1) is 11.4. The van der Waals surface area contributed by atoms with Crippen LogP contribution in [0.5, 0.6) is 11.5 Å². The Morgan fingerprint density at radius 2 is 1.67 bits per heavy atom. The smallest absolute Gasteiger partial charge is 0.508 e. The Kier molecular flexibility index (Phi) is 5.52. The minimum absolute atomic E-state index is 0.114. The number of para-hydroxylation sites is 2. The highest BCUT2D eigenvalue weighted by Crippen LogP contribution is 2.40. The molecule has 0 aliphatic rings. The van der Waals surface area contributed by atoms with E-state index in [0.717, 1.165) is 0 Å². The van der Waals surface area contributed by atoms with Crippen molar-refractivity contribution in [1.29, 1.82) is 0 Å². The Labute approximate surface area is 140 Å². The van der Waals surface area contributed by atoms with Gasteiger partial charge in [-0.1, -0.05) is 57.2 Å². The lowest BCUT2D eigenvalue weighted by molar-refractivity contribution is 0.0892. The van der Waals surface area contributed by atoms with Crippen molar-refractivity contribution in [1.82, 2.24) is 0 Å². The molecule has 0 heterocycles. The monoisotopic (exact) mass is 328 g/mol. The summed E-state index contributed by atoms with van der Waals surface area (Å²) in [6.07, 6.45) is -0.977. The first-order valence-electron chi connectivity index (χ1n) is 7.50. The molecule has 0 spiro atoms. The fourth-order valence-electron chi connectivity index (χ4n) is 2.13. The van der Waals surface area contributed by atoms with E-state index in [1.165, 1.54) is 0 Å².